The minimum atomic E-state index is -0.108. The van der Waals surface area contributed by atoms with Gasteiger partial charge in [-0.15, -0.1) is 11.8 Å². The number of aliphatic hydroxyl groups is 1. The number of benzene rings is 1. The summed E-state index contributed by atoms with van der Waals surface area (Å²) in [7, 11) is 1.63. The molecule has 0 saturated carbocycles. The maximum atomic E-state index is 11.2. The molecule has 1 rings (SSSR count). The van der Waals surface area contributed by atoms with Crippen LogP contribution in [0.1, 0.15) is 19.4 Å². The molecular formula is C15H18O3S. The zero-order valence-corrected chi connectivity index (χ0v) is 12.2. The highest BCUT2D eigenvalue weighted by Crippen LogP contribution is 2.20. The molecule has 0 unspecified atom stereocenters. The number of Topliss-reactive ketones (excluding diaryl/α,β-unsaturated/α-hetero) is 1. The number of ketones is 1. The summed E-state index contributed by atoms with van der Waals surface area (Å²) in [6.45, 7) is 2.98. The maximum absolute atomic E-state index is 11.2. The highest BCUT2D eigenvalue weighted by Gasteiger charge is 2.07. The highest BCUT2D eigenvalue weighted by molar-refractivity contribution is 8.04. The first-order chi connectivity index (χ1) is 9.04. The summed E-state index contributed by atoms with van der Waals surface area (Å²) in [5, 5.41) is 9.36. The van der Waals surface area contributed by atoms with E-state index in [1.807, 2.05) is 36.4 Å². The van der Waals surface area contributed by atoms with Gasteiger partial charge >= 0.3 is 0 Å². The van der Waals surface area contributed by atoms with Crippen molar-refractivity contribution in [2.75, 3.05) is 12.9 Å². The molecule has 102 valence electrons. The van der Waals surface area contributed by atoms with E-state index in [2.05, 4.69) is 0 Å². The Balaban J connectivity index is 2.54. The molecule has 0 atom stereocenters. The molecule has 0 saturated heterocycles. The Hall–Kier alpha value is -1.68. The number of hydrogen-bond donors (Lipinski definition) is 1. The van der Waals surface area contributed by atoms with E-state index in [0.717, 1.165) is 11.3 Å². The second-order valence-corrected chi connectivity index (χ2v) is 4.99. The molecule has 1 aromatic rings. The summed E-state index contributed by atoms with van der Waals surface area (Å²) in [5.41, 5.74) is 1.07. The van der Waals surface area contributed by atoms with Gasteiger partial charge in [-0.3, -0.25) is 4.79 Å². The predicted octanol–water partition coefficient (Wildman–Crippen LogP) is 3.82. The molecule has 0 spiro atoms. The molecular weight excluding hydrogens is 260 g/mol. The van der Waals surface area contributed by atoms with Crippen molar-refractivity contribution in [1.82, 2.24) is 0 Å². The standard InChI is InChI=1S/C15H18O3S/c1-11(16)15(12(2)17)19-10-4-5-13-6-8-14(18-3)9-7-13/h4-9,16H,10H2,1-3H3/b5-4+,15-11+. The number of aliphatic hydroxyl groups excluding tert-OH is 1. The van der Waals surface area contributed by atoms with Crippen LogP contribution in [0.25, 0.3) is 6.08 Å². The Labute approximate surface area is 118 Å². The summed E-state index contributed by atoms with van der Waals surface area (Å²) >= 11 is 1.33. The second kappa shape index (κ2) is 7.69. The van der Waals surface area contributed by atoms with Crippen LogP contribution in [-0.2, 0) is 4.79 Å². The minimum absolute atomic E-state index is 0.0790. The first-order valence-electron chi connectivity index (χ1n) is 5.88. The number of methoxy groups -OCH3 is 1. The first-order valence-corrected chi connectivity index (χ1v) is 6.87. The van der Waals surface area contributed by atoms with E-state index in [1.165, 1.54) is 25.6 Å². The van der Waals surface area contributed by atoms with E-state index >= 15 is 0 Å². The van der Waals surface area contributed by atoms with Gasteiger partial charge in [-0.1, -0.05) is 24.3 Å². The topological polar surface area (TPSA) is 46.5 Å². The van der Waals surface area contributed by atoms with Crippen molar-refractivity contribution in [2.24, 2.45) is 0 Å². The molecule has 0 aliphatic carbocycles. The molecule has 19 heavy (non-hydrogen) atoms. The lowest BCUT2D eigenvalue weighted by Gasteiger charge is -2.02. The average Bonchev–Trinajstić information content (AvgIpc) is 2.38. The third kappa shape index (κ3) is 5.22. The monoisotopic (exact) mass is 278 g/mol. The van der Waals surface area contributed by atoms with Crippen LogP contribution in [0.15, 0.2) is 41.0 Å². The lowest BCUT2D eigenvalue weighted by Crippen LogP contribution is -1.96. The Kier molecular flexibility index (Phi) is 6.22. The number of rotatable bonds is 6. The van der Waals surface area contributed by atoms with Gasteiger partial charge in [-0.2, -0.15) is 0 Å². The molecule has 0 bridgehead atoms. The highest BCUT2D eigenvalue weighted by atomic mass is 32.2. The van der Waals surface area contributed by atoms with Crippen molar-refractivity contribution in [3.8, 4) is 5.75 Å². The summed E-state index contributed by atoms with van der Waals surface area (Å²) in [4.78, 5) is 11.7. The van der Waals surface area contributed by atoms with E-state index in [-0.39, 0.29) is 11.5 Å². The van der Waals surface area contributed by atoms with Crippen molar-refractivity contribution in [1.29, 1.82) is 0 Å². The van der Waals surface area contributed by atoms with Gasteiger partial charge in [0, 0.05) is 5.75 Å². The van der Waals surface area contributed by atoms with Gasteiger partial charge in [0.2, 0.25) is 0 Å². The molecule has 4 heteroatoms. The van der Waals surface area contributed by atoms with Crippen molar-refractivity contribution in [2.45, 2.75) is 13.8 Å². The Bertz CT molecular complexity index is 483. The number of allylic oxidation sites excluding steroid dienone is 2. The summed E-state index contributed by atoms with van der Waals surface area (Å²) in [6.07, 6.45) is 3.93. The van der Waals surface area contributed by atoms with Crippen molar-refractivity contribution in [3.05, 3.63) is 46.6 Å². The number of ether oxygens (including phenoxy) is 1. The molecule has 0 amide bonds. The molecule has 1 aromatic carbocycles. The number of carbonyl (C=O) groups is 1. The summed E-state index contributed by atoms with van der Waals surface area (Å²) in [6, 6.07) is 7.70. The molecule has 1 N–H and O–H groups in total. The fraction of sp³-hybridized carbons (Fsp3) is 0.267. The third-order valence-corrected chi connectivity index (χ3v) is 3.63. The number of carbonyl (C=O) groups excluding carboxylic acids is 1. The van der Waals surface area contributed by atoms with Gasteiger partial charge in [-0.25, -0.2) is 0 Å². The van der Waals surface area contributed by atoms with Crippen LogP contribution in [0, 0.1) is 0 Å². The molecule has 0 heterocycles. The molecule has 0 aliphatic rings. The van der Waals surface area contributed by atoms with E-state index in [1.54, 1.807) is 7.11 Å². The fourth-order valence-electron chi connectivity index (χ4n) is 1.49. The largest absolute Gasteiger partial charge is 0.511 e. The predicted molar refractivity (Wildman–Crippen MR) is 80.5 cm³/mol. The van der Waals surface area contributed by atoms with Gasteiger partial charge in [0.05, 0.1) is 12.0 Å². The van der Waals surface area contributed by atoms with Gasteiger partial charge in [0.25, 0.3) is 0 Å². The molecule has 0 radical (unpaired) electrons. The summed E-state index contributed by atoms with van der Waals surface area (Å²) in [5.74, 6) is 1.43. The van der Waals surface area contributed by atoms with Crippen molar-refractivity contribution >= 4 is 23.6 Å². The van der Waals surface area contributed by atoms with Crippen LogP contribution in [0.5, 0.6) is 5.75 Å². The van der Waals surface area contributed by atoms with E-state index in [0.29, 0.717) is 10.7 Å². The normalized spacial score (nSPS) is 12.4. The Morgan fingerprint density at radius 3 is 2.42 bits per heavy atom. The smallest absolute Gasteiger partial charge is 0.169 e. The fourth-order valence-corrected chi connectivity index (χ4v) is 2.26. The molecule has 0 aromatic heterocycles. The van der Waals surface area contributed by atoms with E-state index in [9.17, 15) is 9.90 Å². The van der Waals surface area contributed by atoms with E-state index < -0.39 is 0 Å². The lowest BCUT2D eigenvalue weighted by atomic mass is 10.2. The lowest BCUT2D eigenvalue weighted by molar-refractivity contribution is -0.113. The zero-order valence-electron chi connectivity index (χ0n) is 11.3. The zero-order chi connectivity index (χ0) is 14.3. The third-order valence-electron chi connectivity index (χ3n) is 2.40. The SMILES string of the molecule is COc1ccc(/C=C/CS/C(C(C)=O)=C(\C)O)cc1. The van der Waals surface area contributed by atoms with Crippen LogP contribution in [-0.4, -0.2) is 23.8 Å². The van der Waals surface area contributed by atoms with Gasteiger partial charge in [0.1, 0.15) is 11.5 Å². The molecule has 3 nitrogen and oxygen atoms in total. The van der Waals surface area contributed by atoms with Crippen LogP contribution in [0.2, 0.25) is 0 Å². The van der Waals surface area contributed by atoms with Gasteiger partial charge in [0.15, 0.2) is 5.78 Å². The molecule has 0 aliphatic heterocycles. The van der Waals surface area contributed by atoms with E-state index in [4.69, 9.17) is 4.74 Å². The van der Waals surface area contributed by atoms with Crippen LogP contribution >= 0.6 is 11.8 Å². The Morgan fingerprint density at radius 2 is 1.95 bits per heavy atom. The van der Waals surface area contributed by atoms with Crippen molar-refractivity contribution < 1.29 is 14.6 Å². The number of thioether (sulfide) groups is 1. The molecule has 0 fully saturated rings. The number of hydrogen-bond acceptors (Lipinski definition) is 4. The van der Waals surface area contributed by atoms with Gasteiger partial charge in [-0.05, 0) is 31.5 Å². The average molecular weight is 278 g/mol. The second-order valence-electron chi connectivity index (χ2n) is 3.96. The van der Waals surface area contributed by atoms with Crippen LogP contribution < -0.4 is 4.74 Å². The minimum Gasteiger partial charge on any atom is -0.511 e. The van der Waals surface area contributed by atoms with Crippen molar-refractivity contribution in [3.63, 3.8) is 0 Å². The quantitative estimate of drug-likeness (QED) is 0.634. The first kappa shape index (κ1) is 15.4. The van der Waals surface area contributed by atoms with Crippen LogP contribution in [0.4, 0.5) is 0 Å². The maximum Gasteiger partial charge on any atom is 0.169 e. The Morgan fingerprint density at radius 1 is 1.32 bits per heavy atom. The van der Waals surface area contributed by atoms with Gasteiger partial charge < -0.3 is 9.84 Å². The summed E-state index contributed by atoms with van der Waals surface area (Å²) < 4.78 is 5.08. The van der Waals surface area contributed by atoms with Crippen LogP contribution in [0.3, 0.4) is 0 Å².